The monoisotopic (exact) mass is 307 g/mol. The number of halogens is 1. The second-order valence-corrected chi connectivity index (χ2v) is 4.83. The Balaban J connectivity index is 2.33. The maximum absolute atomic E-state index is 5.29. The number of aryl methyl sites for hydroxylation is 2. The fourth-order valence-corrected chi connectivity index (χ4v) is 1.90. The van der Waals surface area contributed by atoms with Crippen LogP contribution < -0.4 is 16.6 Å². The zero-order valence-electron chi connectivity index (χ0n) is 10.2. The molecule has 1 aromatic heterocycles. The van der Waals surface area contributed by atoms with Crippen LogP contribution in [0.2, 0.25) is 0 Å². The van der Waals surface area contributed by atoms with E-state index in [1.54, 1.807) is 6.20 Å². The average Bonchev–Trinajstić information content (AvgIpc) is 2.35. The molecule has 0 bridgehead atoms. The molecule has 0 radical (unpaired) electrons. The summed E-state index contributed by atoms with van der Waals surface area (Å²) in [6.07, 6.45) is 1.65. The summed E-state index contributed by atoms with van der Waals surface area (Å²) in [6.45, 7) is 4.11. The molecule has 5 nitrogen and oxygen atoms in total. The van der Waals surface area contributed by atoms with Crippen molar-refractivity contribution in [3.8, 4) is 0 Å². The van der Waals surface area contributed by atoms with Crippen LogP contribution in [0.3, 0.4) is 0 Å². The van der Waals surface area contributed by atoms with Gasteiger partial charge < -0.3 is 5.32 Å². The van der Waals surface area contributed by atoms with Crippen molar-refractivity contribution in [3.05, 3.63) is 40.0 Å². The van der Waals surface area contributed by atoms with Crippen molar-refractivity contribution in [2.24, 2.45) is 5.84 Å². The molecule has 18 heavy (non-hydrogen) atoms. The predicted molar refractivity (Wildman–Crippen MR) is 76.7 cm³/mol. The van der Waals surface area contributed by atoms with Crippen LogP contribution in [0.25, 0.3) is 0 Å². The van der Waals surface area contributed by atoms with Crippen LogP contribution in [0, 0.1) is 13.8 Å². The Morgan fingerprint density at radius 3 is 2.72 bits per heavy atom. The topological polar surface area (TPSA) is 75.9 Å². The average molecular weight is 308 g/mol. The number of hydrazine groups is 1. The van der Waals surface area contributed by atoms with Gasteiger partial charge in [-0.2, -0.15) is 4.98 Å². The Hall–Kier alpha value is -1.66. The van der Waals surface area contributed by atoms with Crippen molar-refractivity contribution < 1.29 is 0 Å². The van der Waals surface area contributed by atoms with Crippen molar-refractivity contribution in [2.45, 2.75) is 13.8 Å². The fraction of sp³-hybridized carbons (Fsp3) is 0.167. The number of nitrogens with zero attached hydrogens (tertiary/aromatic N) is 2. The number of nitrogens with one attached hydrogen (secondary N) is 2. The molecular formula is C12H14BrN5. The van der Waals surface area contributed by atoms with Crippen LogP contribution in [0.1, 0.15) is 11.1 Å². The number of benzene rings is 1. The summed E-state index contributed by atoms with van der Waals surface area (Å²) in [4.78, 5) is 8.25. The highest BCUT2D eigenvalue weighted by atomic mass is 79.9. The highest BCUT2D eigenvalue weighted by Crippen LogP contribution is 2.26. The van der Waals surface area contributed by atoms with E-state index in [9.17, 15) is 0 Å². The van der Waals surface area contributed by atoms with Gasteiger partial charge in [0.15, 0.2) is 0 Å². The standard InChI is InChI=1S/C12H14BrN5/c1-7-3-4-10(8(2)5-7)16-11-9(13)6-15-12(17-11)18-14/h3-6H,14H2,1-2H3,(H2,15,16,17,18). The second-order valence-electron chi connectivity index (χ2n) is 3.98. The molecule has 2 rings (SSSR count). The molecular weight excluding hydrogens is 294 g/mol. The molecule has 1 aromatic carbocycles. The molecule has 2 aromatic rings. The van der Waals surface area contributed by atoms with Gasteiger partial charge in [0, 0.05) is 11.9 Å². The smallest absolute Gasteiger partial charge is 0.239 e. The summed E-state index contributed by atoms with van der Waals surface area (Å²) in [5, 5.41) is 3.25. The van der Waals surface area contributed by atoms with E-state index in [0.717, 1.165) is 15.7 Å². The third-order valence-corrected chi connectivity index (χ3v) is 3.09. The highest BCUT2D eigenvalue weighted by molar-refractivity contribution is 9.10. The van der Waals surface area contributed by atoms with E-state index in [1.807, 2.05) is 19.1 Å². The molecule has 0 aliphatic heterocycles. The fourth-order valence-electron chi connectivity index (χ4n) is 1.61. The SMILES string of the molecule is Cc1ccc(Nc2nc(NN)ncc2Br)c(C)c1. The van der Waals surface area contributed by atoms with Gasteiger partial charge in [0.1, 0.15) is 5.82 Å². The molecule has 1 heterocycles. The largest absolute Gasteiger partial charge is 0.339 e. The molecule has 0 unspecified atom stereocenters. The molecule has 0 amide bonds. The summed E-state index contributed by atoms with van der Waals surface area (Å²) < 4.78 is 0.779. The third kappa shape index (κ3) is 2.77. The van der Waals surface area contributed by atoms with E-state index >= 15 is 0 Å². The number of hydrogen-bond donors (Lipinski definition) is 3. The van der Waals surface area contributed by atoms with E-state index in [2.05, 4.69) is 49.6 Å². The van der Waals surface area contributed by atoms with Crippen molar-refractivity contribution in [2.75, 3.05) is 10.7 Å². The number of nitrogen functional groups attached to an aromatic ring is 1. The van der Waals surface area contributed by atoms with E-state index < -0.39 is 0 Å². The molecule has 6 heteroatoms. The predicted octanol–water partition coefficient (Wildman–Crippen LogP) is 2.89. The summed E-state index contributed by atoms with van der Waals surface area (Å²) in [5.74, 6) is 6.33. The Bertz CT molecular complexity index is 570. The molecule has 94 valence electrons. The molecule has 0 spiro atoms. The lowest BCUT2D eigenvalue weighted by atomic mass is 10.1. The van der Waals surface area contributed by atoms with Crippen molar-refractivity contribution >= 4 is 33.4 Å². The summed E-state index contributed by atoms with van der Waals surface area (Å²) >= 11 is 3.40. The van der Waals surface area contributed by atoms with E-state index in [0.29, 0.717) is 11.8 Å². The lowest BCUT2D eigenvalue weighted by Gasteiger charge is -2.11. The zero-order chi connectivity index (χ0) is 13.1. The minimum Gasteiger partial charge on any atom is -0.339 e. The first kappa shape index (κ1) is 12.8. The molecule has 0 atom stereocenters. The summed E-state index contributed by atoms with van der Waals surface area (Å²) in [7, 11) is 0. The van der Waals surface area contributed by atoms with Crippen LogP contribution in [0.15, 0.2) is 28.9 Å². The number of rotatable bonds is 3. The Morgan fingerprint density at radius 2 is 2.06 bits per heavy atom. The van der Waals surface area contributed by atoms with Gasteiger partial charge in [0.2, 0.25) is 5.95 Å². The van der Waals surface area contributed by atoms with Crippen LogP contribution >= 0.6 is 15.9 Å². The number of anilines is 3. The van der Waals surface area contributed by atoms with Gasteiger partial charge >= 0.3 is 0 Å². The molecule has 0 aliphatic carbocycles. The van der Waals surface area contributed by atoms with Crippen LogP contribution in [-0.2, 0) is 0 Å². The first-order valence-electron chi connectivity index (χ1n) is 5.43. The van der Waals surface area contributed by atoms with Gasteiger partial charge in [0.05, 0.1) is 4.47 Å². The summed E-state index contributed by atoms with van der Waals surface area (Å²) in [5.41, 5.74) is 5.81. The van der Waals surface area contributed by atoms with Crippen LogP contribution in [0.5, 0.6) is 0 Å². The third-order valence-electron chi connectivity index (χ3n) is 2.51. The van der Waals surface area contributed by atoms with E-state index in [1.165, 1.54) is 5.56 Å². The van der Waals surface area contributed by atoms with Gasteiger partial charge in [-0.1, -0.05) is 17.7 Å². The van der Waals surface area contributed by atoms with Gasteiger partial charge in [-0.05, 0) is 41.4 Å². The minimum absolute atomic E-state index is 0.366. The second kappa shape index (κ2) is 5.32. The zero-order valence-corrected chi connectivity index (χ0v) is 11.7. The molecule has 0 saturated heterocycles. The number of aromatic nitrogens is 2. The van der Waals surface area contributed by atoms with Crippen molar-refractivity contribution in [1.29, 1.82) is 0 Å². The maximum Gasteiger partial charge on any atom is 0.239 e. The van der Waals surface area contributed by atoms with Crippen molar-refractivity contribution in [1.82, 2.24) is 9.97 Å². The highest BCUT2D eigenvalue weighted by Gasteiger charge is 2.06. The van der Waals surface area contributed by atoms with Gasteiger partial charge in [-0.15, -0.1) is 0 Å². The van der Waals surface area contributed by atoms with Gasteiger partial charge in [-0.25, -0.2) is 10.8 Å². The van der Waals surface area contributed by atoms with Gasteiger partial charge in [-0.3, -0.25) is 5.43 Å². The van der Waals surface area contributed by atoms with Crippen LogP contribution in [0.4, 0.5) is 17.5 Å². The Kier molecular flexibility index (Phi) is 3.78. The first-order chi connectivity index (χ1) is 8.60. The van der Waals surface area contributed by atoms with Crippen LogP contribution in [-0.4, -0.2) is 9.97 Å². The molecule has 4 N–H and O–H groups in total. The molecule has 0 saturated carbocycles. The lowest BCUT2D eigenvalue weighted by molar-refractivity contribution is 1.11. The Morgan fingerprint density at radius 1 is 1.28 bits per heavy atom. The lowest BCUT2D eigenvalue weighted by Crippen LogP contribution is -2.11. The van der Waals surface area contributed by atoms with Gasteiger partial charge in [0.25, 0.3) is 0 Å². The van der Waals surface area contributed by atoms with E-state index in [4.69, 9.17) is 5.84 Å². The molecule has 0 fully saturated rings. The normalized spacial score (nSPS) is 10.2. The number of hydrogen-bond acceptors (Lipinski definition) is 5. The quantitative estimate of drug-likeness (QED) is 0.600. The first-order valence-corrected chi connectivity index (χ1v) is 6.23. The molecule has 0 aliphatic rings. The number of nitrogens with two attached hydrogens (primary N) is 1. The minimum atomic E-state index is 0.366. The Labute approximate surface area is 114 Å². The maximum atomic E-state index is 5.29. The summed E-state index contributed by atoms with van der Waals surface area (Å²) in [6, 6.07) is 6.18. The van der Waals surface area contributed by atoms with Crippen molar-refractivity contribution in [3.63, 3.8) is 0 Å². The van der Waals surface area contributed by atoms with E-state index in [-0.39, 0.29) is 0 Å².